The Morgan fingerprint density at radius 2 is 2.20 bits per heavy atom. The molecule has 4 heteroatoms. The Kier molecular flexibility index (Phi) is 5.23. The summed E-state index contributed by atoms with van der Waals surface area (Å²) in [6.07, 6.45) is 2.08. The second-order valence-corrected chi connectivity index (χ2v) is 6.53. The minimum atomic E-state index is -0.757. The molecule has 0 bridgehead atoms. The Morgan fingerprint density at radius 3 is 2.67 bits per heavy atom. The summed E-state index contributed by atoms with van der Waals surface area (Å²) in [5.74, 6) is 0. The largest absolute Gasteiger partial charge is 0.377 e. The van der Waals surface area contributed by atoms with Crippen LogP contribution in [0.1, 0.15) is 33.6 Å². The third kappa shape index (κ3) is 3.54. The standard InChI is InChI=1S/C11H23NO2S/c1-8(12-4)7-9(2)15(13)11-5-6-14-10(11)3/h8-12H,5-7H2,1-4H3. The molecule has 1 aliphatic heterocycles. The van der Waals surface area contributed by atoms with Crippen molar-refractivity contribution in [3.8, 4) is 0 Å². The van der Waals surface area contributed by atoms with Gasteiger partial charge in [0.25, 0.3) is 0 Å². The van der Waals surface area contributed by atoms with Gasteiger partial charge in [-0.3, -0.25) is 4.21 Å². The minimum absolute atomic E-state index is 0.165. The summed E-state index contributed by atoms with van der Waals surface area (Å²) in [4.78, 5) is 0. The average molecular weight is 233 g/mol. The van der Waals surface area contributed by atoms with Crippen molar-refractivity contribution in [2.45, 2.75) is 56.3 Å². The molecule has 0 saturated carbocycles. The van der Waals surface area contributed by atoms with Crippen LogP contribution in [0.3, 0.4) is 0 Å². The molecule has 1 rings (SSSR count). The summed E-state index contributed by atoms with van der Waals surface area (Å²) < 4.78 is 17.7. The van der Waals surface area contributed by atoms with Crippen LogP contribution in [-0.2, 0) is 15.5 Å². The highest BCUT2D eigenvalue weighted by Crippen LogP contribution is 2.22. The van der Waals surface area contributed by atoms with Crippen LogP contribution in [-0.4, -0.2) is 40.5 Å². The van der Waals surface area contributed by atoms with Crippen molar-refractivity contribution in [1.82, 2.24) is 5.32 Å². The summed E-state index contributed by atoms with van der Waals surface area (Å²) in [7, 11) is 1.19. The second kappa shape index (κ2) is 5.97. The zero-order chi connectivity index (χ0) is 11.4. The molecule has 5 atom stereocenters. The molecule has 0 radical (unpaired) electrons. The SMILES string of the molecule is CNC(C)CC(C)S(=O)C1CCOC1C. The number of hydrogen-bond acceptors (Lipinski definition) is 3. The molecule has 0 spiro atoms. The van der Waals surface area contributed by atoms with E-state index in [0.717, 1.165) is 19.4 Å². The van der Waals surface area contributed by atoms with Gasteiger partial charge >= 0.3 is 0 Å². The Labute approximate surface area is 95.4 Å². The van der Waals surface area contributed by atoms with Crippen molar-refractivity contribution in [2.24, 2.45) is 0 Å². The maximum Gasteiger partial charge on any atom is 0.0691 e. The van der Waals surface area contributed by atoms with Gasteiger partial charge in [-0.15, -0.1) is 0 Å². The molecule has 90 valence electrons. The summed E-state index contributed by atoms with van der Waals surface area (Å²) >= 11 is 0. The molecule has 15 heavy (non-hydrogen) atoms. The molecule has 0 amide bonds. The molecule has 3 nitrogen and oxygen atoms in total. The van der Waals surface area contributed by atoms with E-state index >= 15 is 0 Å². The molecule has 1 heterocycles. The summed E-state index contributed by atoms with van der Waals surface area (Å²) in [6.45, 7) is 7.01. The van der Waals surface area contributed by atoms with E-state index in [4.69, 9.17) is 4.74 Å². The Bertz CT molecular complexity index is 223. The number of nitrogens with one attached hydrogen (secondary N) is 1. The molecule has 0 aromatic heterocycles. The molecule has 0 aliphatic carbocycles. The minimum Gasteiger partial charge on any atom is -0.377 e. The van der Waals surface area contributed by atoms with Gasteiger partial charge in [0.2, 0.25) is 0 Å². The van der Waals surface area contributed by atoms with Crippen LogP contribution < -0.4 is 5.32 Å². The van der Waals surface area contributed by atoms with Crippen LogP contribution in [0.4, 0.5) is 0 Å². The highest BCUT2D eigenvalue weighted by Gasteiger charge is 2.32. The zero-order valence-electron chi connectivity index (χ0n) is 10.2. The molecule has 1 fully saturated rings. The van der Waals surface area contributed by atoms with E-state index in [1.54, 1.807) is 0 Å². The Hall–Kier alpha value is 0.0700. The predicted octanol–water partition coefficient (Wildman–Crippen LogP) is 1.30. The smallest absolute Gasteiger partial charge is 0.0691 e. The fourth-order valence-corrected chi connectivity index (χ4v) is 3.89. The van der Waals surface area contributed by atoms with Crippen molar-refractivity contribution in [2.75, 3.05) is 13.7 Å². The third-order valence-corrected chi connectivity index (χ3v) is 5.38. The van der Waals surface area contributed by atoms with Gasteiger partial charge in [0, 0.05) is 28.7 Å². The van der Waals surface area contributed by atoms with Gasteiger partial charge < -0.3 is 10.1 Å². The summed E-state index contributed by atoms with van der Waals surface area (Å²) in [6, 6.07) is 0.432. The first-order valence-corrected chi connectivity index (χ1v) is 7.02. The first-order chi connectivity index (χ1) is 7.06. The molecule has 1 aliphatic rings. The van der Waals surface area contributed by atoms with Crippen molar-refractivity contribution in [3.05, 3.63) is 0 Å². The first kappa shape index (κ1) is 13.1. The lowest BCUT2D eigenvalue weighted by molar-refractivity contribution is 0.126. The highest BCUT2D eigenvalue weighted by atomic mass is 32.2. The molecule has 1 saturated heterocycles. The van der Waals surface area contributed by atoms with Crippen LogP contribution in [0, 0.1) is 0 Å². The molecular formula is C11H23NO2S. The predicted molar refractivity (Wildman–Crippen MR) is 64.6 cm³/mol. The lowest BCUT2D eigenvalue weighted by atomic mass is 10.2. The van der Waals surface area contributed by atoms with E-state index in [-0.39, 0.29) is 16.6 Å². The van der Waals surface area contributed by atoms with E-state index in [1.165, 1.54) is 0 Å². The lowest BCUT2D eigenvalue weighted by Crippen LogP contribution is -2.33. The fourth-order valence-electron chi connectivity index (χ4n) is 2.03. The zero-order valence-corrected chi connectivity index (χ0v) is 11.0. The van der Waals surface area contributed by atoms with E-state index in [2.05, 4.69) is 19.2 Å². The summed E-state index contributed by atoms with van der Waals surface area (Å²) in [5.41, 5.74) is 0. The number of rotatable bonds is 5. The fraction of sp³-hybridized carbons (Fsp3) is 1.00. The van der Waals surface area contributed by atoms with Crippen molar-refractivity contribution < 1.29 is 8.95 Å². The molecule has 1 N–H and O–H groups in total. The molecule has 0 aromatic rings. The Morgan fingerprint density at radius 1 is 1.53 bits per heavy atom. The van der Waals surface area contributed by atoms with Crippen molar-refractivity contribution in [3.63, 3.8) is 0 Å². The van der Waals surface area contributed by atoms with E-state index in [0.29, 0.717) is 6.04 Å². The maximum atomic E-state index is 12.2. The van der Waals surface area contributed by atoms with Gasteiger partial charge in [0.15, 0.2) is 0 Å². The average Bonchev–Trinajstić information content (AvgIpc) is 2.63. The van der Waals surface area contributed by atoms with Gasteiger partial charge in [0.1, 0.15) is 0 Å². The van der Waals surface area contributed by atoms with Crippen LogP contribution in [0.15, 0.2) is 0 Å². The molecule has 0 aromatic carbocycles. The topological polar surface area (TPSA) is 38.3 Å². The summed E-state index contributed by atoms with van der Waals surface area (Å²) in [5, 5.41) is 3.68. The highest BCUT2D eigenvalue weighted by molar-refractivity contribution is 7.86. The van der Waals surface area contributed by atoms with Crippen LogP contribution in [0.5, 0.6) is 0 Å². The van der Waals surface area contributed by atoms with Crippen LogP contribution in [0.25, 0.3) is 0 Å². The van der Waals surface area contributed by atoms with Gasteiger partial charge in [0.05, 0.1) is 11.4 Å². The Balaban J connectivity index is 2.45. The second-order valence-electron chi connectivity index (χ2n) is 4.47. The van der Waals surface area contributed by atoms with E-state index < -0.39 is 10.8 Å². The first-order valence-electron chi connectivity index (χ1n) is 5.74. The van der Waals surface area contributed by atoms with E-state index in [9.17, 15) is 4.21 Å². The number of hydrogen-bond donors (Lipinski definition) is 1. The lowest BCUT2D eigenvalue weighted by Gasteiger charge is -2.21. The normalized spacial score (nSPS) is 32.5. The van der Waals surface area contributed by atoms with Crippen molar-refractivity contribution >= 4 is 10.8 Å². The third-order valence-electron chi connectivity index (χ3n) is 3.18. The van der Waals surface area contributed by atoms with Gasteiger partial charge in [-0.05, 0) is 33.7 Å². The quantitative estimate of drug-likeness (QED) is 0.778. The van der Waals surface area contributed by atoms with Gasteiger partial charge in [-0.25, -0.2) is 0 Å². The van der Waals surface area contributed by atoms with Crippen LogP contribution in [0.2, 0.25) is 0 Å². The number of ether oxygens (including phenoxy) is 1. The van der Waals surface area contributed by atoms with Gasteiger partial charge in [-0.1, -0.05) is 6.92 Å². The van der Waals surface area contributed by atoms with Crippen LogP contribution >= 0.6 is 0 Å². The molecular weight excluding hydrogens is 210 g/mol. The van der Waals surface area contributed by atoms with Crippen molar-refractivity contribution in [1.29, 1.82) is 0 Å². The molecule has 5 unspecified atom stereocenters. The maximum absolute atomic E-state index is 12.2. The van der Waals surface area contributed by atoms with Gasteiger partial charge in [-0.2, -0.15) is 0 Å². The van der Waals surface area contributed by atoms with E-state index in [1.807, 2.05) is 14.0 Å². The monoisotopic (exact) mass is 233 g/mol.